The number of ketones is 1. The summed E-state index contributed by atoms with van der Waals surface area (Å²) in [6.45, 7) is 2.31. The van der Waals surface area contributed by atoms with E-state index >= 15 is 0 Å². The largest absolute Gasteiger partial charge is 0.463 e. The Hall–Kier alpha value is -7.18. The van der Waals surface area contributed by atoms with Gasteiger partial charge in [-0.2, -0.15) is 0 Å². The average Bonchev–Trinajstić information content (AvgIpc) is 4.29. The first-order valence-electron chi connectivity index (χ1n) is 24.0. The summed E-state index contributed by atoms with van der Waals surface area (Å²) in [6, 6.07) is 69.7. The Morgan fingerprint density at radius 1 is 0.403 bits per heavy atom. The number of carbonyl (C=O) groups excluding carboxylic acids is 2. The fraction of sp³-hybridized carbons (Fsp3) is 0.129. The fourth-order valence-electron chi connectivity index (χ4n) is 8.63. The molecule has 6 aromatic carbocycles. The van der Waals surface area contributed by atoms with Gasteiger partial charge in [-0.3, -0.25) is 4.79 Å². The molecule has 0 aliphatic carbocycles. The summed E-state index contributed by atoms with van der Waals surface area (Å²) < 4.78 is 10.3. The van der Waals surface area contributed by atoms with Crippen molar-refractivity contribution in [2.45, 2.75) is 32.6 Å². The van der Waals surface area contributed by atoms with Crippen molar-refractivity contribution in [1.82, 2.24) is 0 Å². The number of rotatable bonds is 20. The number of aryl methyl sites for hydroxylation is 2. The molecule has 0 atom stereocenters. The summed E-state index contributed by atoms with van der Waals surface area (Å²) in [4.78, 5) is 35.9. The van der Waals surface area contributed by atoms with Gasteiger partial charge in [0.1, 0.15) is 12.4 Å². The molecular formula is C62H52N2O4S4. The van der Waals surface area contributed by atoms with E-state index in [0.29, 0.717) is 25.9 Å². The second-order valence-electron chi connectivity index (χ2n) is 17.4. The number of carbonyl (C=O) groups is 2. The van der Waals surface area contributed by atoms with Crippen molar-refractivity contribution in [2.24, 2.45) is 0 Å². The maximum Gasteiger partial charge on any atom is 0.306 e. The van der Waals surface area contributed by atoms with Crippen molar-refractivity contribution in [3.63, 3.8) is 0 Å². The molecule has 10 aromatic rings. The second-order valence-corrected chi connectivity index (χ2v) is 21.5. The molecule has 0 radical (unpaired) electrons. The van der Waals surface area contributed by atoms with E-state index in [1.54, 1.807) is 36.7 Å². The summed E-state index contributed by atoms with van der Waals surface area (Å²) in [5.41, 5.74) is 13.3. The van der Waals surface area contributed by atoms with E-state index in [4.69, 9.17) is 9.47 Å². The molecule has 0 bridgehead atoms. The molecule has 0 saturated heterocycles. The highest BCUT2D eigenvalue weighted by atomic mass is 32.1. The highest BCUT2D eigenvalue weighted by Crippen LogP contribution is 2.43. The topological polar surface area (TPSA) is 59.1 Å². The maximum absolute atomic E-state index is 12.3. The van der Waals surface area contributed by atoms with E-state index < -0.39 is 0 Å². The molecule has 6 nitrogen and oxygen atoms in total. The van der Waals surface area contributed by atoms with Crippen molar-refractivity contribution in [1.29, 1.82) is 0 Å². The molecule has 358 valence electrons. The van der Waals surface area contributed by atoms with Gasteiger partial charge in [-0.25, -0.2) is 0 Å². The van der Waals surface area contributed by atoms with Gasteiger partial charge in [0.05, 0.1) is 6.61 Å². The summed E-state index contributed by atoms with van der Waals surface area (Å²) in [7, 11) is 1.59. The van der Waals surface area contributed by atoms with E-state index in [9.17, 15) is 9.59 Å². The van der Waals surface area contributed by atoms with Gasteiger partial charge in [0.15, 0.2) is 0 Å². The average molecular weight is 1020 g/mol. The van der Waals surface area contributed by atoms with Crippen LogP contribution in [0.4, 0.5) is 34.1 Å². The normalized spacial score (nSPS) is 11.1. The number of Topliss-reactive ketones (excluding diaryl/α,β-unsaturated/α-hetero) is 1. The summed E-state index contributed by atoms with van der Waals surface area (Å²) >= 11 is 7.11. The third-order valence-corrected chi connectivity index (χ3v) is 16.8. The number of ether oxygens (including phenoxy) is 2. The van der Waals surface area contributed by atoms with Crippen LogP contribution >= 0.6 is 45.3 Å². The molecule has 0 N–H and O–H groups in total. The molecule has 0 aliphatic rings. The van der Waals surface area contributed by atoms with Crippen LogP contribution in [0.2, 0.25) is 0 Å². The van der Waals surface area contributed by atoms with Crippen LogP contribution in [0.1, 0.15) is 30.9 Å². The van der Waals surface area contributed by atoms with E-state index in [1.807, 2.05) is 22.7 Å². The van der Waals surface area contributed by atoms with Gasteiger partial charge in [0.2, 0.25) is 0 Å². The third-order valence-electron chi connectivity index (χ3n) is 12.5. The summed E-state index contributed by atoms with van der Waals surface area (Å²) in [5, 5.41) is 4.22. The van der Waals surface area contributed by atoms with Crippen LogP contribution in [0.25, 0.3) is 51.5 Å². The Kier molecular flexibility index (Phi) is 15.4. The molecule has 4 aromatic heterocycles. The van der Waals surface area contributed by atoms with Gasteiger partial charge < -0.3 is 24.1 Å². The van der Waals surface area contributed by atoms with Crippen molar-refractivity contribution < 1.29 is 19.1 Å². The Balaban J connectivity index is 0.858. The van der Waals surface area contributed by atoms with Crippen molar-refractivity contribution >= 4 is 91.2 Å². The van der Waals surface area contributed by atoms with Gasteiger partial charge >= 0.3 is 5.97 Å². The third kappa shape index (κ3) is 11.6. The Morgan fingerprint density at radius 3 is 1.10 bits per heavy atom. The lowest BCUT2D eigenvalue weighted by atomic mass is 10.1. The zero-order valence-electron chi connectivity index (χ0n) is 40.0. The minimum atomic E-state index is -0.220. The molecule has 10 heteroatoms. The molecule has 0 saturated carbocycles. The van der Waals surface area contributed by atoms with Crippen molar-refractivity contribution in [3.8, 4) is 51.5 Å². The minimum Gasteiger partial charge on any atom is -0.463 e. The predicted octanol–water partition coefficient (Wildman–Crippen LogP) is 17.9. The maximum atomic E-state index is 12.3. The lowest BCUT2D eigenvalue weighted by Crippen LogP contribution is -2.11. The first-order valence-corrected chi connectivity index (χ1v) is 27.4. The Morgan fingerprint density at radius 2 is 0.750 bits per heavy atom. The number of esters is 1. The molecule has 0 aliphatic heterocycles. The number of benzene rings is 6. The molecule has 10 rings (SSSR count). The van der Waals surface area contributed by atoms with E-state index in [2.05, 4.69) is 215 Å². The van der Waals surface area contributed by atoms with Gasteiger partial charge in [0, 0.05) is 83.3 Å². The van der Waals surface area contributed by atoms with E-state index in [1.165, 1.54) is 51.5 Å². The number of methoxy groups -OCH3 is 1. The van der Waals surface area contributed by atoms with Crippen LogP contribution < -0.4 is 9.80 Å². The molecule has 0 amide bonds. The number of hydrogen-bond acceptors (Lipinski definition) is 10. The highest BCUT2D eigenvalue weighted by molar-refractivity contribution is 7.25. The van der Waals surface area contributed by atoms with Gasteiger partial charge in [0.25, 0.3) is 0 Å². The van der Waals surface area contributed by atoms with E-state index in [-0.39, 0.29) is 18.4 Å². The SMILES string of the molecule is COCCOC(=O)CCc1ccc(N(c2ccc(-c3cccs3)cc2)c2ccc(-c3ccc(-c4ccc(-c5ccc(N(c6ccc(CCC(C)=O)cc6)c6ccc(-c7cccs7)cc6)cc5)s4)s3)cc2)cc1. The molecule has 0 fully saturated rings. The van der Waals surface area contributed by atoms with Crippen LogP contribution in [0, 0.1) is 0 Å². The predicted molar refractivity (Wildman–Crippen MR) is 305 cm³/mol. The van der Waals surface area contributed by atoms with Crippen LogP contribution in [0.5, 0.6) is 0 Å². The van der Waals surface area contributed by atoms with Gasteiger partial charge in [-0.1, -0.05) is 84.9 Å². The van der Waals surface area contributed by atoms with Crippen LogP contribution in [0.15, 0.2) is 205 Å². The van der Waals surface area contributed by atoms with Gasteiger partial charge in [-0.15, -0.1) is 45.3 Å². The van der Waals surface area contributed by atoms with Gasteiger partial charge in [-0.05, 0) is 173 Å². The van der Waals surface area contributed by atoms with Crippen LogP contribution in [-0.2, 0) is 31.9 Å². The molecule has 4 heterocycles. The zero-order chi connectivity index (χ0) is 49.2. The first kappa shape index (κ1) is 48.4. The Labute approximate surface area is 437 Å². The summed E-state index contributed by atoms with van der Waals surface area (Å²) in [6.07, 6.45) is 2.21. The molecule has 72 heavy (non-hydrogen) atoms. The molecule has 0 spiro atoms. The number of nitrogens with zero attached hydrogens (tertiary/aromatic N) is 2. The highest BCUT2D eigenvalue weighted by Gasteiger charge is 2.17. The van der Waals surface area contributed by atoms with Crippen LogP contribution in [0.3, 0.4) is 0 Å². The standard InChI is InChI=1S/C62H52N2O4S4/c1-43(65)7-8-44-9-22-50(23-10-44)63(52-26-14-46(15-27-52)56-5-3-41-69-56)54-30-18-48(19-31-54)58-34-36-60(71-58)61-37-35-59(72-61)49-20-32-55(33-21-49)64(53-28-16-47(17-29-53)57-6-4-42-70-57)51-24-11-45(12-25-51)13-38-62(66)68-40-39-67-2/h3-6,9-12,14-37,41-42H,7-8,13,38-40H2,1-2H3. The lowest BCUT2D eigenvalue weighted by molar-refractivity contribution is -0.144. The zero-order valence-corrected chi connectivity index (χ0v) is 43.3. The minimum absolute atomic E-state index is 0.205. The Bertz CT molecular complexity index is 3320. The van der Waals surface area contributed by atoms with E-state index in [0.717, 1.165) is 51.7 Å². The second kappa shape index (κ2) is 22.9. The first-order chi connectivity index (χ1) is 35.3. The molecule has 0 unspecified atom stereocenters. The molecular weight excluding hydrogens is 965 g/mol. The van der Waals surface area contributed by atoms with Crippen molar-refractivity contribution in [3.05, 3.63) is 216 Å². The summed E-state index contributed by atoms with van der Waals surface area (Å²) in [5.74, 6) is -0.0150. The number of thiophene rings is 4. The fourth-order valence-corrected chi connectivity index (χ4v) is 12.2. The quantitative estimate of drug-likeness (QED) is 0.0560. The smallest absolute Gasteiger partial charge is 0.306 e. The number of hydrogen-bond donors (Lipinski definition) is 0. The van der Waals surface area contributed by atoms with Crippen LogP contribution in [-0.4, -0.2) is 32.1 Å². The lowest BCUT2D eigenvalue weighted by Gasteiger charge is -2.26. The van der Waals surface area contributed by atoms with Crippen molar-refractivity contribution in [2.75, 3.05) is 30.1 Å². The monoisotopic (exact) mass is 1020 g/mol. The number of anilines is 6.